The van der Waals surface area contributed by atoms with E-state index in [-0.39, 0.29) is 0 Å². The van der Waals surface area contributed by atoms with Crippen LogP contribution in [0, 0.1) is 0 Å². The second kappa shape index (κ2) is 5.90. The maximum Gasteiger partial charge on any atom is 0.132 e. The van der Waals surface area contributed by atoms with Crippen molar-refractivity contribution >= 4 is 11.5 Å². The van der Waals surface area contributed by atoms with Crippen molar-refractivity contribution in [2.75, 3.05) is 17.6 Å². The summed E-state index contributed by atoms with van der Waals surface area (Å²) in [6, 6.07) is 8.04. The second-order valence-corrected chi connectivity index (χ2v) is 5.27. The van der Waals surface area contributed by atoms with E-state index in [9.17, 15) is 0 Å². The Morgan fingerprint density at radius 3 is 2.70 bits per heavy atom. The Labute approximate surface area is 119 Å². The van der Waals surface area contributed by atoms with Crippen molar-refractivity contribution in [1.82, 2.24) is 9.97 Å². The van der Waals surface area contributed by atoms with Crippen LogP contribution >= 0.6 is 0 Å². The molecule has 0 amide bonds. The zero-order chi connectivity index (χ0) is 13.8. The molecule has 1 aliphatic carbocycles. The predicted octanol–water partition coefficient (Wildman–Crippen LogP) is 2.59. The number of nitrogens with one attached hydrogen (secondary N) is 1. The number of nitrogens with zero attached hydrogens (tertiary/aromatic N) is 2. The highest BCUT2D eigenvalue weighted by Crippen LogP contribution is 2.24. The maximum absolute atomic E-state index is 5.69. The van der Waals surface area contributed by atoms with Gasteiger partial charge in [0.2, 0.25) is 0 Å². The molecule has 0 saturated carbocycles. The highest BCUT2D eigenvalue weighted by atomic mass is 15.0. The monoisotopic (exact) mass is 268 g/mol. The first kappa shape index (κ1) is 12.9. The van der Waals surface area contributed by atoms with Crippen LogP contribution in [0.25, 0.3) is 0 Å². The van der Waals surface area contributed by atoms with E-state index >= 15 is 0 Å². The molecule has 104 valence electrons. The second-order valence-electron chi connectivity index (χ2n) is 5.27. The summed E-state index contributed by atoms with van der Waals surface area (Å²) < 4.78 is 0. The fraction of sp³-hybridized carbons (Fsp3) is 0.375. The lowest BCUT2D eigenvalue weighted by atomic mass is 9.96. The van der Waals surface area contributed by atoms with Gasteiger partial charge in [-0.25, -0.2) is 9.97 Å². The van der Waals surface area contributed by atoms with Gasteiger partial charge in [0.25, 0.3) is 0 Å². The van der Waals surface area contributed by atoms with Crippen LogP contribution in [0.3, 0.4) is 0 Å². The van der Waals surface area contributed by atoms with Gasteiger partial charge in [-0.15, -0.1) is 0 Å². The molecule has 0 aliphatic heterocycles. The van der Waals surface area contributed by atoms with Crippen molar-refractivity contribution in [2.24, 2.45) is 0 Å². The number of aryl methyl sites for hydroxylation is 1. The molecular weight excluding hydrogens is 248 g/mol. The van der Waals surface area contributed by atoms with Crippen LogP contribution in [0.15, 0.2) is 30.6 Å². The van der Waals surface area contributed by atoms with Crippen LogP contribution in [0.1, 0.15) is 29.7 Å². The normalized spacial score (nSPS) is 13.8. The Hall–Kier alpha value is -2.10. The molecule has 1 aromatic heterocycles. The van der Waals surface area contributed by atoms with Crippen molar-refractivity contribution < 1.29 is 0 Å². The summed E-state index contributed by atoms with van der Waals surface area (Å²) >= 11 is 0. The number of nitrogen functional groups attached to an aromatic ring is 1. The van der Waals surface area contributed by atoms with E-state index in [1.807, 2.05) is 12.1 Å². The van der Waals surface area contributed by atoms with Crippen LogP contribution < -0.4 is 11.1 Å². The number of nitrogens with two attached hydrogens (primary N) is 1. The molecule has 0 spiro atoms. The summed E-state index contributed by atoms with van der Waals surface area (Å²) in [6.45, 7) is 0.882. The van der Waals surface area contributed by atoms with Crippen molar-refractivity contribution in [3.05, 3.63) is 47.4 Å². The van der Waals surface area contributed by atoms with Gasteiger partial charge < -0.3 is 11.1 Å². The Bertz CT molecular complexity index is 578. The van der Waals surface area contributed by atoms with Gasteiger partial charge in [0.05, 0.1) is 0 Å². The van der Waals surface area contributed by atoms with Gasteiger partial charge in [0, 0.05) is 23.5 Å². The molecule has 1 heterocycles. The van der Waals surface area contributed by atoms with Gasteiger partial charge >= 0.3 is 0 Å². The van der Waals surface area contributed by atoms with E-state index in [4.69, 9.17) is 5.73 Å². The zero-order valence-corrected chi connectivity index (χ0v) is 11.6. The lowest BCUT2D eigenvalue weighted by Gasteiger charge is -2.18. The van der Waals surface area contributed by atoms with E-state index in [0.717, 1.165) is 37.3 Å². The lowest BCUT2D eigenvalue weighted by molar-refractivity contribution is 0.663. The first-order chi connectivity index (χ1) is 9.83. The number of benzene rings is 1. The van der Waals surface area contributed by atoms with Crippen LogP contribution in [-0.4, -0.2) is 16.5 Å². The lowest BCUT2D eigenvalue weighted by Crippen LogP contribution is -2.13. The van der Waals surface area contributed by atoms with E-state index in [1.165, 1.54) is 29.7 Å². The highest BCUT2D eigenvalue weighted by Gasteiger charge is 2.14. The number of anilines is 2. The summed E-state index contributed by atoms with van der Waals surface area (Å²) in [7, 11) is 0. The molecule has 0 unspecified atom stereocenters. The molecule has 0 atom stereocenters. The SMILES string of the molecule is Nc1ccc(CCNc2ncnc3c2CCCC3)cc1. The summed E-state index contributed by atoms with van der Waals surface area (Å²) in [5, 5.41) is 3.45. The molecule has 0 saturated heterocycles. The molecule has 1 aromatic carbocycles. The van der Waals surface area contributed by atoms with Crippen LogP contribution in [0.2, 0.25) is 0 Å². The first-order valence-electron chi connectivity index (χ1n) is 7.24. The summed E-state index contributed by atoms with van der Waals surface area (Å²) in [5.41, 5.74) is 10.3. The molecule has 4 heteroatoms. The minimum Gasteiger partial charge on any atom is -0.399 e. The van der Waals surface area contributed by atoms with Crippen molar-refractivity contribution in [1.29, 1.82) is 0 Å². The third-order valence-corrected chi connectivity index (χ3v) is 3.81. The van der Waals surface area contributed by atoms with Gasteiger partial charge in [-0.1, -0.05) is 12.1 Å². The molecular formula is C16H20N4. The number of hydrogen-bond acceptors (Lipinski definition) is 4. The molecule has 0 bridgehead atoms. The minimum absolute atomic E-state index is 0.812. The van der Waals surface area contributed by atoms with Gasteiger partial charge in [-0.2, -0.15) is 0 Å². The van der Waals surface area contributed by atoms with Crippen LogP contribution in [0.5, 0.6) is 0 Å². The number of aromatic nitrogens is 2. The summed E-state index contributed by atoms with van der Waals surface area (Å²) in [6.07, 6.45) is 7.32. The molecule has 0 fully saturated rings. The quantitative estimate of drug-likeness (QED) is 0.837. The fourth-order valence-electron chi connectivity index (χ4n) is 2.68. The van der Waals surface area contributed by atoms with E-state index in [1.54, 1.807) is 6.33 Å². The van der Waals surface area contributed by atoms with E-state index in [2.05, 4.69) is 27.4 Å². The summed E-state index contributed by atoms with van der Waals surface area (Å²) in [4.78, 5) is 8.79. The van der Waals surface area contributed by atoms with Gasteiger partial charge in [-0.05, 0) is 49.8 Å². The average molecular weight is 268 g/mol. The Kier molecular flexibility index (Phi) is 3.81. The van der Waals surface area contributed by atoms with Crippen molar-refractivity contribution in [2.45, 2.75) is 32.1 Å². The summed E-state index contributed by atoms with van der Waals surface area (Å²) in [5.74, 6) is 1.02. The Morgan fingerprint density at radius 2 is 1.85 bits per heavy atom. The molecule has 0 radical (unpaired) electrons. The van der Waals surface area contributed by atoms with Gasteiger partial charge in [-0.3, -0.25) is 0 Å². The standard InChI is InChI=1S/C16H20N4/c17-13-7-5-12(6-8-13)9-10-18-16-14-3-1-2-4-15(14)19-11-20-16/h5-8,11H,1-4,9-10,17H2,(H,18,19,20). The van der Waals surface area contributed by atoms with Crippen LogP contribution in [-0.2, 0) is 19.3 Å². The van der Waals surface area contributed by atoms with Crippen molar-refractivity contribution in [3.63, 3.8) is 0 Å². The highest BCUT2D eigenvalue weighted by molar-refractivity contribution is 5.47. The van der Waals surface area contributed by atoms with Crippen molar-refractivity contribution in [3.8, 4) is 0 Å². The molecule has 4 nitrogen and oxygen atoms in total. The Morgan fingerprint density at radius 1 is 1.05 bits per heavy atom. The number of rotatable bonds is 4. The largest absolute Gasteiger partial charge is 0.399 e. The third kappa shape index (κ3) is 2.90. The Balaban J connectivity index is 1.62. The van der Waals surface area contributed by atoms with E-state index in [0.29, 0.717) is 0 Å². The average Bonchev–Trinajstić information content (AvgIpc) is 2.49. The first-order valence-corrected chi connectivity index (χ1v) is 7.24. The zero-order valence-electron chi connectivity index (χ0n) is 11.6. The third-order valence-electron chi connectivity index (χ3n) is 3.81. The molecule has 3 N–H and O–H groups in total. The molecule has 3 rings (SSSR count). The molecule has 1 aliphatic rings. The fourth-order valence-corrected chi connectivity index (χ4v) is 2.68. The minimum atomic E-state index is 0.812. The molecule has 20 heavy (non-hydrogen) atoms. The van der Waals surface area contributed by atoms with Gasteiger partial charge in [0.1, 0.15) is 12.1 Å². The van der Waals surface area contributed by atoms with Crippen LogP contribution in [0.4, 0.5) is 11.5 Å². The smallest absolute Gasteiger partial charge is 0.132 e. The predicted molar refractivity (Wildman–Crippen MR) is 81.7 cm³/mol. The number of fused-ring (bicyclic) bond motifs is 1. The van der Waals surface area contributed by atoms with E-state index < -0.39 is 0 Å². The topological polar surface area (TPSA) is 63.8 Å². The maximum atomic E-state index is 5.69. The number of hydrogen-bond donors (Lipinski definition) is 2. The van der Waals surface area contributed by atoms with Gasteiger partial charge in [0.15, 0.2) is 0 Å². The molecule has 2 aromatic rings.